The van der Waals surface area contributed by atoms with Crippen molar-refractivity contribution in [3.05, 3.63) is 101 Å². The minimum Gasteiger partial charge on any atom is -0.370 e. The van der Waals surface area contributed by atoms with Gasteiger partial charge in [-0.2, -0.15) is 4.57 Å². The van der Waals surface area contributed by atoms with Crippen LogP contribution in [0.1, 0.15) is 27.5 Å². The second kappa shape index (κ2) is 8.89. The Bertz CT molecular complexity index is 959. The Kier molecular flexibility index (Phi) is 6.32. The van der Waals surface area contributed by atoms with Gasteiger partial charge in [-0.15, -0.1) is 0 Å². The van der Waals surface area contributed by atoms with E-state index in [9.17, 15) is 4.79 Å². The number of halogens is 1. The molecule has 0 unspecified atom stereocenters. The van der Waals surface area contributed by atoms with E-state index in [0.29, 0.717) is 22.1 Å². The highest BCUT2D eigenvalue weighted by Crippen LogP contribution is 2.16. The van der Waals surface area contributed by atoms with Crippen LogP contribution in [0.5, 0.6) is 0 Å². The molecule has 0 radical (unpaired) electrons. The topological polar surface area (TPSA) is 33.0 Å². The van der Waals surface area contributed by atoms with Crippen molar-refractivity contribution in [2.24, 2.45) is 0 Å². The van der Waals surface area contributed by atoms with Crippen molar-refractivity contribution < 1.29 is 9.36 Å². The third-order valence-corrected chi connectivity index (χ3v) is 4.79. The van der Waals surface area contributed by atoms with E-state index in [1.165, 1.54) is 0 Å². The summed E-state index contributed by atoms with van der Waals surface area (Å²) < 4.78 is 1.85. The number of aryl methyl sites for hydroxylation is 1. The van der Waals surface area contributed by atoms with E-state index >= 15 is 0 Å². The van der Waals surface area contributed by atoms with Crippen molar-refractivity contribution in [2.75, 3.05) is 0 Å². The molecule has 5 heteroatoms. The van der Waals surface area contributed by atoms with Gasteiger partial charge >= 0.3 is 0 Å². The Hall–Kier alpha value is -2.56. The molecule has 0 aliphatic carbocycles. The van der Waals surface area contributed by atoms with Gasteiger partial charge in [0.05, 0.1) is 0 Å². The number of pyridine rings is 1. The Morgan fingerprint density at radius 1 is 1.11 bits per heavy atom. The number of thiocarbonyl (C=S) groups is 1. The lowest BCUT2D eigenvalue weighted by Gasteiger charge is -2.15. The Morgan fingerprint density at radius 3 is 2.59 bits per heavy atom. The number of carbonyl (C=O) groups is 1. The summed E-state index contributed by atoms with van der Waals surface area (Å²) in [5.41, 5.74) is 2.68. The summed E-state index contributed by atoms with van der Waals surface area (Å²) in [6.45, 7) is 2.54. The van der Waals surface area contributed by atoms with E-state index in [2.05, 4.69) is 5.32 Å². The summed E-state index contributed by atoms with van der Waals surface area (Å²) in [4.78, 5) is 13.7. The number of hydrogen-bond donors (Lipinski definition) is 1. The minimum absolute atomic E-state index is 0.0985. The molecule has 0 spiro atoms. The molecule has 0 bridgehead atoms. The van der Waals surface area contributed by atoms with Crippen molar-refractivity contribution in [3.63, 3.8) is 0 Å². The maximum Gasteiger partial charge on any atom is 0.270 e. The highest BCUT2D eigenvalue weighted by Gasteiger charge is 2.33. The number of benzene rings is 2. The lowest BCUT2D eigenvalue weighted by molar-refractivity contribution is -0.692. The Morgan fingerprint density at radius 2 is 1.89 bits per heavy atom. The fourth-order valence-electron chi connectivity index (χ4n) is 2.85. The predicted octanol–water partition coefficient (Wildman–Crippen LogP) is 4.48. The van der Waals surface area contributed by atoms with Crippen molar-refractivity contribution in [3.8, 4) is 0 Å². The quantitative estimate of drug-likeness (QED) is 0.379. The van der Waals surface area contributed by atoms with E-state index in [0.717, 1.165) is 11.1 Å². The van der Waals surface area contributed by atoms with E-state index < -0.39 is 6.04 Å². The van der Waals surface area contributed by atoms with Gasteiger partial charge in [0.15, 0.2) is 17.4 Å². The zero-order chi connectivity index (χ0) is 19.2. The minimum atomic E-state index is -0.637. The SMILES string of the molecule is Cc1ccc[n+]([C@@H](C(=O)c2cccc(Cl)c2)C(=S)NCc2ccccc2)c1. The number of carbonyl (C=O) groups excluding carboxylic acids is 1. The second-order valence-corrected chi connectivity index (χ2v) is 7.19. The first-order valence-corrected chi connectivity index (χ1v) is 9.42. The van der Waals surface area contributed by atoms with Gasteiger partial charge < -0.3 is 5.32 Å². The summed E-state index contributed by atoms with van der Waals surface area (Å²) in [6, 6.07) is 20.2. The van der Waals surface area contributed by atoms with Gasteiger partial charge in [0.25, 0.3) is 6.04 Å². The molecule has 0 saturated heterocycles. The first kappa shape index (κ1) is 19.2. The van der Waals surface area contributed by atoms with E-state index in [-0.39, 0.29) is 5.78 Å². The smallest absolute Gasteiger partial charge is 0.270 e. The first-order chi connectivity index (χ1) is 13.0. The van der Waals surface area contributed by atoms with Crippen LogP contribution in [-0.2, 0) is 6.54 Å². The predicted molar refractivity (Wildman–Crippen MR) is 112 cm³/mol. The zero-order valence-corrected chi connectivity index (χ0v) is 16.5. The van der Waals surface area contributed by atoms with Gasteiger partial charge in [-0.1, -0.05) is 66.3 Å². The summed E-state index contributed by atoms with van der Waals surface area (Å²) in [7, 11) is 0. The molecule has 0 aliphatic rings. The monoisotopic (exact) mass is 395 g/mol. The van der Waals surface area contributed by atoms with Crippen molar-refractivity contribution >= 4 is 34.6 Å². The van der Waals surface area contributed by atoms with Gasteiger partial charge in [-0.3, -0.25) is 4.79 Å². The number of nitrogens with zero attached hydrogens (tertiary/aromatic N) is 1. The molecule has 0 amide bonds. The maximum absolute atomic E-state index is 13.3. The Balaban J connectivity index is 1.89. The molecule has 1 N–H and O–H groups in total. The van der Waals surface area contributed by atoms with Gasteiger partial charge in [0, 0.05) is 28.8 Å². The number of ketones is 1. The average molecular weight is 396 g/mol. The molecule has 3 aromatic rings. The maximum atomic E-state index is 13.3. The summed E-state index contributed by atoms with van der Waals surface area (Å²) in [6.07, 6.45) is 3.78. The standard InChI is InChI=1S/C22H19ClN2OS/c1-16-7-6-12-25(15-16)20(21(26)18-10-5-11-19(23)13-18)22(27)24-14-17-8-3-2-4-9-17/h2-13,15,20H,14H2,1H3/p+1/t20-/m0/s1. The molecule has 3 rings (SSSR count). The van der Waals surface area contributed by atoms with Crippen LogP contribution < -0.4 is 9.88 Å². The molecular weight excluding hydrogens is 376 g/mol. The normalized spacial score (nSPS) is 11.6. The third-order valence-electron chi connectivity index (χ3n) is 4.18. The van der Waals surface area contributed by atoms with Crippen LogP contribution in [0, 0.1) is 6.92 Å². The molecule has 0 fully saturated rings. The molecule has 2 aromatic carbocycles. The second-order valence-electron chi connectivity index (χ2n) is 6.31. The van der Waals surface area contributed by atoms with Crippen LogP contribution >= 0.6 is 23.8 Å². The van der Waals surface area contributed by atoms with Gasteiger partial charge in [-0.05, 0) is 30.7 Å². The van der Waals surface area contributed by atoms with Crippen molar-refractivity contribution in [1.82, 2.24) is 5.32 Å². The van der Waals surface area contributed by atoms with E-state index in [4.69, 9.17) is 23.8 Å². The van der Waals surface area contributed by atoms with Gasteiger partial charge in [-0.25, -0.2) is 0 Å². The third kappa shape index (κ3) is 5.00. The highest BCUT2D eigenvalue weighted by molar-refractivity contribution is 7.80. The van der Waals surface area contributed by atoms with E-state index in [1.54, 1.807) is 24.3 Å². The molecule has 1 aromatic heterocycles. The van der Waals surface area contributed by atoms with E-state index in [1.807, 2.05) is 66.3 Å². The molecular formula is C22H20ClN2OS+. The molecule has 136 valence electrons. The van der Waals surface area contributed by atoms with Crippen molar-refractivity contribution in [2.45, 2.75) is 19.5 Å². The van der Waals surface area contributed by atoms with Gasteiger partial charge in [0.2, 0.25) is 5.78 Å². The molecule has 0 aliphatic heterocycles. The fraction of sp³-hybridized carbons (Fsp3) is 0.136. The van der Waals surface area contributed by atoms with Crippen LogP contribution in [0.25, 0.3) is 0 Å². The molecule has 0 saturated carbocycles. The number of aromatic nitrogens is 1. The Labute approximate surface area is 169 Å². The lowest BCUT2D eigenvalue weighted by Crippen LogP contribution is -2.51. The molecule has 3 nitrogen and oxygen atoms in total. The largest absolute Gasteiger partial charge is 0.370 e. The zero-order valence-electron chi connectivity index (χ0n) is 14.9. The molecule has 27 heavy (non-hydrogen) atoms. The van der Waals surface area contributed by atoms with Crippen molar-refractivity contribution in [1.29, 1.82) is 0 Å². The highest BCUT2D eigenvalue weighted by atomic mass is 35.5. The lowest BCUT2D eigenvalue weighted by atomic mass is 10.0. The molecule has 1 atom stereocenters. The number of rotatable bonds is 6. The van der Waals surface area contributed by atoms with Gasteiger partial charge in [0.1, 0.15) is 0 Å². The van der Waals surface area contributed by atoms with Crippen LogP contribution in [-0.4, -0.2) is 10.8 Å². The van der Waals surface area contributed by atoms with Crippen LogP contribution in [0.15, 0.2) is 79.1 Å². The number of hydrogen-bond acceptors (Lipinski definition) is 2. The molecule has 1 heterocycles. The summed E-state index contributed by atoms with van der Waals surface area (Å²) in [5, 5.41) is 3.76. The fourth-order valence-corrected chi connectivity index (χ4v) is 3.34. The van der Waals surface area contributed by atoms with Crippen LogP contribution in [0.4, 0.5) is 0 Å². The summed E-state index contributed by atoms with van der Waals surface area (Å²) in [5.74, 6) is -0.0985. The number of nitrogens with one attached hydrogen (secondary N) is 1. The summed E-state index contributed by atoms with van der Waals surface area (Å²) >= 11 is 11.7. The number of Topliss-reactive ketones (excluding diaryl/α,β-unsaturated/α-hetero) is 1. The average Bonchev–Trinajstić information content (AvgIpc) is 2.67. The first-order valence-electron chi connectivity index (χ1n) is 8.63. The van der Waals surface area contributed by atoms with Crippen LogP contribution in [0.2, 0.25) is 5.02 Å². The van der Waals surface area contributed by atoms with Crippen LogP contribution in [0.3, 0.4) is 0 Å².